The van der Waals surface area contributed by atoms with E-state index in [1.807, 2.05) is 78.2 Å². The summed E-state index contributed by atoms with van der Waals surface area (Å²) in [6.07, 6.45) is 0. The highest BCUT2D eigenvalue weighted by molar-refractivity contribution is 7.99. The van der Waals surface area contributed by atoms with Crippen molar-refractivity contribution in [1.29, 1.82) is 0 Å². The molecule has 8 heteroatoms. The number of benzene rings is 3. The van der Waals surface area contributed by atoms with Crippen LogP contribution in [0.1, 0.15) is 11.4 Å². The highest BCUT2D eigenvalue weighted by atomic mass is 35.5. The Hall–Kier alpha value is -3.29. The summed E-state index contributed by atoms with van der Waals surface area (Å²) in [4.78, 5) is 12.5. The van der Waals surface area contributed by atoms with Crippen LogP contribution in [-0.4, -0.2) is 26.4 Å². The molecule has 0 saturated carbocycles. The second-order valence-electron chi connectivity index (χ2n) is 6.99. The number of carbonyl (C=O) groups is 1. The van der Waals surface area contributed by atoms with Gasteiger partial charge in [-0.25, -0.2) is 0 Å². The molecule has 0 radical (unpaired) electrons. The zero-order valence-corrected chi connectivity index (χ0v) is 18.9. The van der Waals surface area contributed by atoms with Crippen molar-refractivity contribution in [2.45, 2.75) is 18.7 Å². The van der Waals surface area contributed by atoms with Gasteiger partial charge in [-0.2, -0.15) is 0 Å². The molecule has 1 amide bonds. The standard InChI is InChI=1S/C24H21ClN4O2S/c1-17-11-13-19(14-12-17)31-15-22-27-28-24(29(22)18-7-3-2-4-8-18)32-16-23(30)26-21-10-6-5-9-20(21)25/h2-14H,15-16H2,1H3,(H,26,30). The molecule has 32 heavy (non-hydrogen) atoms. The maximum atomic E-state index is 12.5. The first-order chi connectivity index (χ1) is 15.6. The fourth-order valence-corrected chi connectivity index (χ4v) is 3.94. The Bertz CT molecular complexity index is 1200. The fourth-order valence-electron chi connectivity index (χ4n) is 2.99. The average Bonchev–Trinajstić information content (AvgIpc) is 3.22. The van der Waals surface area contributed by atoms with Gasteiger partial charge in [0.05, 0.1) is 16.5 Å². The SMILES string of the molecule is Cc1ccc(OCc2nnc(SCC(=O)Nc3ccccc3Cl)n2-c2ccccc2)cc1. The van der Waals surface area contributed by atoms with Gasteiger partial charge in [-0.3, -0.25) is 9.36 Å². The summed E-state index contributed by atoms with van der Waals surface area (Å²) < 4.78 is 7.82. The van der Waals surface area contributed by atoms with Crippen molar-refractivity contribution in [2.75, 3.05) is 11.1 Å². The van der Waals surface area contributed by atoms with Crippen molar-refractivity contribution in [3.05, 3.63) is 95.3 Å². The van der Waals surface area contributed by atoms with Crippen LogP contribution in [-0.2, 0) is 11.4 Å². The first-order valence-electron chi connectivity index (χ1n) is 9.96. The normalized spacial score (nSPS) is 10.7. The van der Waals surface area contributed by atoms with Gasteiger partial charge in [0.2, 0.25) is 5.91 Å². The quantitative estimate of drug-likeness (QED) is 0.347. The molecule has 162 valence electrons. The van der Waals surface area contributed by atoms with Crippen LogP contribution in [0.3, 0.4) is 0 Å². The Morgan fingerprint density at radius 1 is 1.00 bits per heavy atom. The Morgan fingerprint density at radius 3 is 2.47 bits per heavy atom. The first kappa shape index (κ1) is 21.9. The lowest BCUT2D eigenvalue weighted by atomic mass is 10.2. The summed E-state index contributed by atoms with van der Waals surface area (Å²) in [5, 5.41) is 12.5. The summed E-state index contributed by atoms with van der Waals surface area (Å²) in [5.74, 6) is 1.38. The number of hydrogen-bond acceptors (Lipinski definition) is 5. The predicted molar refractivity (Wildman–Crippen MR) is 128 cm³/mol. The van der Waals surface area contributed by atoms with Gasteiger partial charge < -0.3 is 10.1 Å². The molecule has 4 aromatic rings. The minimum Gasteiger partial charge on any atom is -0.486 e. The molecule has 0 fully saturated rings. The number of rotatable bonds is 8. The number of para-hydroxylation sites is 2. The van der Waals surface area contributed by atoms with E-state index in [1.54, 1.807) is 12.1 Å². The average molecular weight is 465 g/mol. The van der Waals surface area contributed by atoms with Crippen molar-refractivity contribution < 1.29 is 9.53 Å². The van der Waals surface area contributed by atoms with E-state index in [1.165, 1.54) is 17.3 Å². The van der Waals surface area contributed by atoms with Crippen LogP contribution in [0.5, 0.6) is 5.75 Å². The summed E-state index contributed by atoms with van der Waals surface area (Å²) >= 11 is 7.42. The molecule has 0 saturated heterocycles. The number of nitrogens with zero attached hydrogens (tertiary/aromatic N) is 3. The Morgan fingerprint density at radius 2 is 1.72 bits per heavy atom. The molecule has 0 aliphatic carbocycles. The zero-order chi connectivity index (χ0) is 22.3. The molecule has 1 heterocycles. The van der Waals surface area contributed by atoms with E-state index < -0.39 is 0 Å². The van der Waals surface area contributed by atoms with E-state index in [9.17, 15) is 4.79 Å². The number of thioether (sulfide) groups is 1. The number of carbonyl (C=O) groups excluding carboxylic acids is 1. The summed E-state index contributed by atoms with van der Waals surface area (Å²) in [6.45, 7) is 2.28. The maximum absolute atomic E-state index is 12.5. The van der Waals surface area contributed by atoms with Crippen molar-refractivity contribution >= 4 is 35.0 Å². The number of aromatic nitrogens is 3. The molecule has 4 rings (SSSR count). The van der Waals surface area contributed by atoms with Crippen molar-refractivity contribution in [3.8, 4) is 11.4 Å². The van der Waals surface area contributed by atoms with E-state index in [0.29, 0.717) is 21.7 Å². The van der Waals surface area contributed by atoms with Gasteiger partial charge in [-0.15, -0.1) is 10.2 Å². The minimum absolute atomic E-state index is 0.162. The Balaban J connectivity index is 1.49. The molecule has 0 bridgehead atoms. The molecule has 6 nitrogen and oxygen atoms in total. The lowest BCUT2D eigenvalue weighted by molar-refractivity contribution is -0.113. The van der Waals surface area contributed by atoms with Crippen LogP contribution in [0, 0.1) is 6.92 Å². The lowest BCUT2D eigenvalue weighted by Gasteiger charge is -2.11. The van der Waals surface area contributed by atoms with Gasteiger partial charge >= 0.3 is 0 Å². The molecule has 0 atom stereocenters. The zero-order valence-electron chi connectivity index (χ0n) is 17.4. The van der Waals surface area contributed by atoms with Crippen molar-refractivity contribution in [3.63, 3.8) is 0 Å². The monoisotopic (exact) mass is 464 g/mol. The second-order valence-corrected chi connectivity index (χ2v) is 8.34. The third kappa shape index (κ3) is 5.49. The highest BCUT2D eigenvalue weighted by Crippen LogP contribution is 2.25. The van der Waals surface area contributed by atoms with Crippen LogP contribution in [0.25, 0.3) is 5.69 Å². The number of amides is 1. The fraction of sp³-hybridized carbons (Fsp3) is 0.125. The largest absolute Gasteiger partial charge is 0.486 e. The Kier molecular flexibility index (Phi) is 7.09. The molecule has 1 N–H and O–H groups in total. The van der Waals surface area contributed by atoms with Crippen LogP contribution < -0.4 is 10.1 Å². The van der Waals surface area contributed by atoms with E-state index in [-0.39, 0.29) is 18.3 Å². The van der Waals surface area contributed by atoms with Gasteiger partial charge in [-0.05, 0) is 43.3 Å². The lowest BCUT2D eigenvalue weighted by Crippen LogP contribution is -2.15. The molecule has 3 aromatic carbocycles. The van der Waals surface area contributed by atoms with Gasteiger partial charge in [0.1, 0.15) is 12.4 Å². The molecule has 0 unspecified atom stereocenters. The summed E-state index contributed by atoms with van der Waals surface area (Å²) in [6, 6.07) is 24.7. The molecular formula is C24H21ClN4O2S. The van der Waals surface area contributed by atoms with Crippen LogP contribution in [0.4, 0.5) is 5.69 Å². The number of hydrogen-bond donors (Lipinski definition) is 1. The van der Waals surface area contributed by atoms with Gasteiger partial charge in [-0.1, -0.05) is 71.4 Å². The van der Waals surface area contributed by atoms with E-state index in [4.69, 9.17) is 16.3 Å². The topological polar surface area (TPSA) is 69.0 Å². The number of nitrogens with one attached hydrogen (secondary N) is 1. The van der Waals surface area contributed by atoms with E-state index >= 15 is 0 Å². The van der Waals surface area contributed by atoms with E-state index in [2.05, 4.69) is 15.5 Å². The minimum atomic E-state index is -0.178. The molecule has 0 spiro atoms. The smallest absolute Gasteiger partial charge is 0.234 e. The van der Waals surface area contributed by atoms with Gasteiger partial charge in [0, 0.05) is 5.69 Å². The van der Waals surface area contributed by atoms with Crippen molar-refractivity contribution in [1.82, 2.24) is 14.8 Å². The molecule has 1 aromatic heterocycles. The highest BCUT2D eigenvalue weighted by Gasteiger charge is 2.17. The maximum Gasteiger partial charge on any atom is 0.234 e. The number of ether oxygens (including phenoxy) is 1. The van der Waals surface area contributed by atoms with Gasteiger partial charge in [0.25, 0.3) is 0 Å². The molecule has 0 aliphatic heterocycles. The van der Waals surface area contributed by atoms with Gasteiger partial charge in [0.15, 0.2) is 11.0 Å². The summed E-state index contributed by atoms with van der Waals surface area (Å²) in [7, 11) is 0. The van der Waals surface area contributed by atoms with Crippen LogP contribution in [0.15, 0.2) is 84.0 Å². The molecular weight excluding hydrogens is 444 g/mol. The number of aryl methyl sites for hydroxylation is 1. The van der Waals surface area contributed by atoms with Crippen molar-refractivity contribution in [2.24, 2.45) is 0 Å². The van der Waals surface area contributed by atoms with Crippen LogP contribution >= 0.6 is 23.4 Å². The number of anilines is 1. The third-order valence-electron chi connectivity index (χ3n) is 4.58. The molecule has 0 aliphatic rings. The van der Waals surface area contributed by atoms with E-state index in [0.717, 1.165) is 11.4 Å². The Labute approximate surface area is 195 Å². The second kappa shape index (κ2) is 10.3. The number of halogens is 1. The predicted octanol–water partition coefficient (Wildman–Crippen LogP) is 5.54. The van der Waals surface area contributed by atoms with Crippen LogP contribution in [0.2, 0.25) is 5.02 Å². The third-order valence-corrected chi connectivity index (χ3v) is 5.84. The summed E-state index contributed by atoms with van der Waals surface area (Å²) in [5.41, 5.74) is 2.64. The first-order valence-corrected chi connectivity index (χ1v) is 11.3.